The zero-order chi connectivity index (χ0) is 13.0. The molecule has 0 aliphatic carbocycles. The molecule has 0 spiro atoms. The Labute approximate surface area is 116 Å². The van der Waals surface area contributed by atoms with E-state index in [0.717, 1.165) is 28.8 Å². The van der Waals surface area contributed by atoms with E-state index in [1.165, 1.54) is 0 Å². The third kappa shape index (κ3) is 3.00. The van der Waals surface area contributed by atoms with Crippen molar-refractivity contribution in [2.24, 2.45) is 0 Å². The Morgan fingerprint density at radius 2 is 2.17 bits per heavy atom. The molecule has 0 aliphatic heterocycles. The fourth-order valence-corrected chi connectivity index (χ4v) is 2.46. The number of hydrogen-bond acceptors (Lipinski definition) is 2. The summed E-state index contributed by atoms with van der Waals surface area (Å²) in [5.74, 6) is 0.743. The van der Waals surface area contributed by atoms with Gasteiger partial charge in [0.05, 0.1) is 0 Å². The van der Waals surface area contributed by atoms with Gasteiger partial charge < -0.3 is 9.67 Å². The van der Waals surface area contributed by atoms with Crippen LogP contribution in [0.1, 0.15) is 30.8 Å². The Hall–Kier alpha value is -1.13. The molecule has 0 fully saturated rings. The van der Waals surface area contributed by atoms with Gasteiger partial charge in [-0.3, -0.25) is 0 Å². The van der Waals surface area contributed by atoms with Crippen LogP contribution in [-0.4, -0.2) is 14.7 Å². The standard InChI is InChI=1S/C14H17BrN2O/c1-2-8-17-9-7-16-14(17)13(18)10-11-5-3-4-6-12(11)15/h3-7,9,13,18H,2,8,10H2,1H3. The summed E-state index contributed by atoms with van der Waals surface area (Å²) in [7, 11) is 0. The molecule has 1 heterocycles. The van der Waals surface area contributed by atoms with E-state index >= 15 is 0 Å². The average molecular weight is 309 g/mol. The Morgan fingerprint density at radius 3 is 2.89 bits per heavy atom. The Bertz CT molecular complexity index is 510. The molecule has 2 rings (SSSR count). The molecule has 0 bridgehead atoms. The molecule has 0 amide bonds. The molecule has 18 heavy (non-hydrogen) atoms. The second-order valence-corrected chi connectivity index (χ2v) is 5.14. The molecule has 0 radical (unpaired) electrons. The van der Waals surface area contributed by atoms with Gasteiger partial charge in [-0.05, 0) is 18.1 Å². The first-order valence-electron chi connectivity index (χ1n) is 6.15. The van der Waals surface area contributed by atoms with Crippen LogP contribution in [0, 0.1) is 0 Å². The van der Waals surface area contributed by atoms with Crippen LogP contribution < -0.4 is 0 Å². The third-order valence-corrected chi connectivity index (χ3v) is 3.65. The molecule has 0 saturated heterocycles. The van der Waals surface area contributed by atoms with Gasteiger partial charge in [-0.15, -0.1) is 0 Å². The number of aromatic nitrogens is 2. The second-order valence-electron chi connectivity index (χ2n) is 4.29. The minimum absolute atomic E-state index is 0.565. The molecule has 1 aromatic carbocycles. The molecule has 2 aromatic rings. The van der Waals surface area contributed by atoms with E-state index < -0.39 is 6.10 Å². The molecule has 1 atom stereocenters. The van der Waals surface area contributed by atoms with E-state index in [1.807, 2.05) is 35.0 Å². The van der Waals surface area contributed by atoms with Crippen molar-refractivity contribution in [1.29, 1.82) is 0 Å². The van der Waals surface area contributed by atoms with Crippen LogP contribution in [-0.2, 0) is 13.0 Å². The molecular weight excluding hydrogens is 292 g/mol. The highest BCUT2D eigenvalue weighted by Gasteiger charge is 2.15. The SMILES string of the molecule is CCCn1ccnc1C(O)Cc1ccccc1Br. The van der Waals surface area contributed by atoms with Crippen molar-refractivity contribution in [2.75, 3.05) is 0 Å². The molecular formula is C14H17BrN2O. The average Bonchev–Trinajstić information content (AvgIpc) is 2.81. The van der Waals surface area contributed by atoms with Crippen molar-refractivity contribution < 1.29 is 5.11 Å². The molecule has 1 N–H and O–H groups in total. The van der Waals surface area contributed by atoms with Crippen molar-refractivity contribution in [3.05, 3.63) is 52.5 Å². The largest absolute Gasteiger partial charge is 0.385 e. The molecule has 3 nitrogen and oxygen atoms in total. The first kappa shape index (κ1) is 13.3. The van der Waals surface area contributed by atoms with E-state index in [-0.39, 0.29) is 0 Å². The first-order valence-corrected chi connectivity index (χ1v) is 6.94. The van der Waals surface area contributed by atoms with E-state index in [9.17, 15) is 5.11 Å². The highest BCUT2D eigenvalue weighted by atomic mass is 79.9. The Morgan fingerprint density at radius 1 is 1.39 bits per heavy atom. The summed E-state index contributed by atoms with van der Waals surface area (Å²) in [5.41, 5.74) is 1.09. The predicted molar refractivity (Wildman–Crippen MR) is 75.3 cm³/mol. The highest BCUT2D eigenvalue weighted by molar-refractivity contribution is 9.10. The van der Waals surface area contributed by atoms with Gasteiger partial charge in [0.2, 0.25) is 0 Å². The summed E-state index contributed by atoms with van der Waals surface area (Å²) >= 11 is 3.50. The first-order chi connectivity index (χ1) is 8.72. The summed E-state index contributed by atoms with van der Waals surface area (Å²) in [5, 5.41) is 10.3. The zero-order valence-corrected chi connectivity index (χ0v) is 12.0. The van der Waals surface area contributed by atoms with Crippen molar-refractivity contribution in [3.63, 3.8) is 0 Å². The molecule has 1 unspecified atom stereocenters. The summed E-state index contributed by atoms with van der Waals surface area (Å²) in [6, 6.07) is 7.95. The fraction of sp³-hybridized carbons (Fsp3) is 0.357. The summed E-state index contributed by atoms with van der Waals surface area (Å²) in [6.07, 6.45) is 4.70. The maximum absolute atomic E-state index is 10.3. The molecule has 0 saturated carbocycles. The Kier molecular flexibility index (Phi) is 4.55. The van der Waals surface area contributed by atoms with Crippen molar-refractivity contribution in [1.82, 2.24) is 9.55 Å². The number of rotatable bonds is 5. The van der Waals surface area contributed by atoms with Crippen LogP contribution in [0.3, 0.4) is 0 Å². The van der Waals surface area contributed by atoms with Crippen molar-refractivity contribution in [3.8, 4) is 0 Å². The lowest BCUT2D eigenvalue weighted by molar-refractivity contribution is 0.163. The molecule has 96 valence electrons. The van der Waals surface area contributed by atoms with Crippen LogP contribution in [0.2, 0.25) is 0 Å². The van der Waals surface area contributed by atoms with Crippen LogP contribution >= 0.6 is 15.9 Å². The number of hydrogen-bond donors (Lipinski definition) is 1. The monoisotopic (exact) mass is 308 g/mol. The maximum atomic E-state index is 10.3. The summed E-state index contributed by atoms with van der Waals surface area (Å²) < 4.78 is 3.04. The number of aryl methyl sites for hydroxylation is 1. The molecule has 0 aliphatic rings. The normalized spacial score (nSPS) is 12.6. The number of halogens is 1. The number of aliphatic hydroxyl groups excluding tert-OH is 1. The summed E-state index contributed by atoms with van der Waals surface area (Å²) in [6.45, 7) is 3.01. The van der Waals surface area contributed by atoms with Gasteiger partial charge >= 0.3 is 0 Å². The lowest BCUT2D eigenvalue weighted by atomic mass is 10.1. The van der Waals surface area contributed by atoms with Crippen LogP contribution in [0.25, 0.3) is 0 Å². The van der Waals surface area contributed by atoms with Gasteiger partial charge in [0.25, 0.3) is 0 Å². The topological polar surface area (TPSA) is 38.0 Å². The smallest absolute Gasteiger partial charge is 0.137 e. The predicted octanol–water partition coefficient (Wildman–Crippen LogP) is 3.33. The maximum Gasteiger partial charge on any atom is 0.137 e. The van der Waals surface area contributed by atoms with E-state index in [2.05, 4.69) is 27.8 Å². The van der Waals surface area contributed by atoms with Gasteiger partial charge in [-0.1, -0.05) is 41.1 Å². The number of aliphatic hydroxyl groups is 1. The Balaban J connectivity index is 2.14. The minimum Gasteiger partial charge on any atom is -0.385 e. The quantitative estimate of drug-likeness (QED) is 0.920. The van der Waals surface area contributed by atoms with Gasteiger partial charge in [0.15, 0.2) is 0 Å². The van der Waals surface area contributed by atoms with Crippen LogP contribution in [0.5, 0.6) is 0 Å². The number of benzene rings is 1. The van der Waals surface area contributed by atoms with Crippen LogP contribution in [0.15, 0.2) is 41.1 Å². The highest BCUT2D eigenvalue weighted by Crippen LogP contribution is 2.23. The number of imidazole rings is 1. The van der Waals surface area contributed by atoms with Gasteiger partial charge in [0.1, 0.15) is 11.9 Å². The number of nitrogens with zero attached hydrogens (tertiary/aromatic N) is 2. The van der Waals surface area contributed by atoms with E-state index in [1.54, 1.807) is 6.20 Å². The molecule has 1 aromatic heterocycles. The second kappa shape index (κ2) is 6.16. The van der Waals surface area contributed by atoms with Crippen molar-refractivity contribution >= 4 is 15.9 Å². The van der Waals surface area contributed by atoms with Gasteiger partial charge in [-0.25, -0.2) is 4.98 Å². The fourth-order valence-electron chi connectivity index (χ4n) is 2.01. The lowest BCUT2D eigenvalue weighted by Crippen LogP contribution is -2.11. The molecule has 4 heteroatoms. The van der Waals surface area contributed by atoms with Crippen molar-refractivity contribution in [2.45, 2.75) is 32.4 Å². The van der Waals surface area contributed by atoms with E-state index in [4.69, 9.17) is 0 Å². The van der Waals surface area contributed by atoms with Gasteiger partial charge in [-0.2, -0.15) is 0 Å². The minimum atomic E-state index is -0.565. The van der Waals surface area contributed by atoms with E-state index in [0.29, 0.717) is 6.42 Å². The zero-order valence-electron chi connectivity index (χ0n) is 10.4. The third-order valence-electron chi connectivity index (χ3n) is 2.88. The summed E-state index contributed by atoms with van der Waals surface area (Å²) in [4.78, 5) is 4.26. The van der Waals surface area contributed by atoms with Crippen LogP contribution in [0.4, 0.5) is 0 Å². The lowest BCUT2D eigenvalue weighted by Gasteiger charge is -2.13. The van der Waals surface area contributed by atoms with Gasteiger partial charge in [0, 0.05) is 29.8 Å².